The lowest BCUT2D eigenvalue weighted by Gasteiger charge is -2.11. The molecule has 0 fully saturated rings. The van der Waals surface area contributed by atoms with E-state index in [1.807, 2.05) is 12.1 Å². The van der Waals surface area contributed by atoms with Gasteiger partial charge in [0.2, 0.25) is 11.8 Å². The Balaban J connectivity index is 1.83. The van der Waals surface area contributed by atoms with E-state index in [1.165, 1.54) is 14.2 Å². The summed E-state index contributed by atoms with van der Waals surface area (Å²) in [5.74, 6) is 1.23. The smallest absolute Gasteiger partial charge is 0.243 e. The summed E-state index contributed by atoms with van der Waals surface area (Å²) < 4.78 is 15.4. The summed E-state index contributed by atoms with van der Waals surface area (Å²) in [4.78, 5) is 23.9. The van der Waals surface area contributed by atoms with E-state index in [4.69, 9.17) is 14.2 Å². The van der Waals surface area contributed by atoms with Gasteiger partial charge in [0, 0.05) is 11.8 Å². The molecule has 7 nitrogen and oxygen atoms in total. The molecule has 0 aliphatic carbocycles. The van der Waals surface area contributed by atoms with Crippen LogP contribution < -0.4 is 24.8 Å². The maximum atomic E-state index is 12.0. The molecule has 0 heterocycles. The van der Waals surface area contributed by atoms with Gasteiger partial charge in [-0.15, -0.1) is 0 Å². The average molecular weight is 358 g/mol. The number of carbonyl (C=O) groups excluding carboxylic acids is 2. The van der Waals surface area contributed by atoms with Gasteiger partial charge in [0.1, 0.15) is 5.75 Å². The quantitative estimate of drug-likeness (QED) is 0.754. The van der Waals surface area contributed by atoms with E-state index in [-0.39, 0.29) is 24.8 Å². The van der Waals surface area contributed by atoms with Crippen LogP contribution in [0, 0.1) is 0 Å². The number of ether oxygens (including phenoxy) is 3. The first-order chi connectivity index (χ1) is 12.5. The highest BCUT2D eigenvalue weighted by Crippen LogP contribution is 2.29. The molecule has 138 valence electrons. The van der Waals surface area contributed by atoms with Gasteiger partial charge in [0.25, 0.3) is 0 Å². The molecule has 2 N–H and O–H groups in total. The van der Waals surface area contributed by atoms with Gasteiger partial charge in [0.05, 0.1) is 34.3 Å². The first-order valence-corrected chi connectivity index (χ1v) is 7.97. The number of amides is 2. The van der Waals surface area contributed by atoms with Gasteiger partial charge in [-0.25, -0.2) is 0 Å². The van der Waals surface area contributed by atoms with Crippen LogP contribution in [0.15, 0.2) is 42.5 Å². The second-order valence-corrected chi connectivity index (χ2v) is 5.42. The number of rotatable bonds is 8. The van der Waals surface area contributed by atoms with E-state index in [9.17, 15) is 9.59 Å². The Bertz CT molecular complexity index is 759. The molecule has 2 amide bonds. The van der Waals surface area contributed by atoms with Crippen molar-refractivity contribution in [1.29, 1.82) is 0 Å². The second kappa shape index (κ2) is 9.31. The predicted molar refractivity (Wildman–Crippen MR) is 97.9 cm³/mol. The lowest BCUT2D eigenvalue weighted by molar-refractivity contribution is -0.123. The van der Waals surface area contributed by atoms with Crippen LogP contribution >= 0.6 is 0 Å². The van der Waals surface area contributed by atoms with Crippen molar-refractivity contribution < 1.29 is 23.8 Å². The molecular formula is C19H22N2O5. The van der Waals surface area contributed by atoms with Gasteiger partial charge >= 0.3 is 0 Å². The van der Waals surface area contributed by atoms with Crippen LogP contribution in [0.4, 0.5) is 5.69 Å². The monoisotopic (exact) mass is 358 g/mol. The van der Waals surface area contributed by atoms with Crippen molar-refractivity contribution in [3.8, 4) is 17.2 Å². The Labute approximate surface area is 152 Å². The van der Waals surface area contributed by atoms with Crippen molar-refractivity contribution >= 4 is 17.5 Å². The molecule has 2 rings (SSSR count). The zero-order chi connectivity index (χ0) is 18.9. The second-order valence-electron chi connectivity index (χ2n) is 5.42. The summed E-state index contributed by atoms with van der Waals surface area (Å²) in [6.07, 6.45) is 0.188. The highest BCUT2D eigenvalue weighted by Gasteiger charge is 2.09. The topological polar surface area (TPSA) is 85.9 Å². The van der Waals surface area contributed by atoms with Crippen molar-refractivity contribution in [3.63, 3.8) is 0 Å². The van der Waals surface area contributed by atoms with Crippen molar-refractivity contribution in [2.24, 2.45) is 0 Å². The van der Waals surface area contributed by atoms with Crippen LogP contribution in [-0.4, -0.2) is 39.7 Å². The first-order valence-electron chi connectivity index (χ1n) is 7.97. The summed E-state index contributed by atoms with van der Waals surface area (Å²) >= 11 is 0. The number of anilines is 1. The standard InChI is InChI=1S/C19H22N2O5/c1-24-15-7-4-13(5-8-15)10-18(22)20-12-19(23)21-14-6-9-16(25-2)17(11-14)26-3/h4-9,11H,10,12H2,1-3H3,(H,20,22)(H,21,23). The molecular weight excluding hydrogens is 336 g/mol. The zero-order valence-corrected chi connectivity index (χ0v) is 15.0. The third kappa shape index (κ3) is 5.41. The van der Waals surface area contributed by atoms with Crippen LogP contribution in [0.2, 0.25) is 0 Å². The molecule has 0 aliphatic rings. The molecule has 0 radical (unpaired) electrons. The van der Waals surface area contributed by atoms with E-state index in [2.05, 4.69) is 10.6 Å². The maximum Gasteiger partial charge on any atom is 0.243 e. The molecule has 0 unspecified atom stereocenters. The fourth-order valence-electron chi connectivity index (χ4n) is 2.29. The molecule has 7 heteroatoms. The average Bonchev–Trinajstić information content (AvgIpc) is 2.67. The van der Waals surface area contributed by atoms with Crippen LogP contribution in [0.5, 0.6) is 17.2 Å². The fourth-order valence-corrected chi connectivity index (χ4v) is 2.29. The highest BCUT2D eigenvalue weighted by atomic mass is 16.5. The number of methoxy groups -OCH3 is 3. The van der Waals surface area contributed by atoms with E-state index in [0.717, 1.165) is 11.3 Å². The third-order valence-corrected chi connectivity index (χ3v) is 3.64. The molecule has 2 aromatic carbocycles. The van der Waals surface area contributed by atoms with E-state index in [0.29, 0.717) is 17.2 Å². The fraction of sp³-hybridized carbons (Fsp3) is 0.263. The lowest BCUT2D eigenvalue weighted by atomic mass is 10.1. The molecule has 0 aromatic heterocycles. The first kappa shape index (κ1) is 19.1. The van der Waals surface area contributed by atoms with Crippen LogP contribution in [-0.2, 0) is 16.0 Å². The molecule has 0 aliphatic heterocycles. The minimum atomic E-state index is -0.333. The number of nitrogens with one attached hydrogen (secondary N) is 2. The number of hydrogen-bond acceptors (Lipinski definition) is 5. The van der Waals surface area contributed by atoms with E-state index in [1.54, 1.807) is 37.4 Å². The van der Waals surface area contributed by atoms with E-state index < -0.39 is 0 Å². The molecule has 2 aromatic rings. The summed E-state index contributed by atoms with van der Waals surface area (Å²) in [6.45, 7) is -0.122. The molecule has 0 saturated carbocycles. The maximum absolute atomic E-state index is 12.0. The number of hydrogen-bond donors (Lipinski definition) is 2. The van der Waals surface area contributed by atoms with Gasteiger partial charge in [-0.05, 0) is 29.8 Å². The van der Waals surface area contributed by atoms with Gasteiger partial charge in [-0.2, -0.15) is 0 Å². The van der Waals surface area contributed by atoms with Crippen molar-refractivity contribution in [1.82, 2.24) is 5.32 Å². The van der Waals surface area contributed by atoms with Gasteiger partial charge in [-0.3, -0.25) is 9.59 Å². The Morgan fingerprint density at radius 3 is 2.15 bits per heavy atom. The number of benzene rings is 2. The predicted octanol–water partition coefficient (Wildman–Crippen LogP) is 2.01. The minimum absolute atomic E-state index is 0.122. The van der Waals surface area contributed by atoms with Crippen LogP contribution in [0.3, 0.4) is 0 Å². The summed E-state index contributed by atoms with van der Waals surface area (Å²) in [5, 5.41) is 5.29. The Morgan fingerprint density at radius 1 is 0.846 bits per heavy atom. The Kier molecular flexibility index (Phi) is 6.84. The van der Waals surface area contributed by atoms with Crippen molar-refractivity contribution in [2.75, 3.05) is 33.2 Å². The summed E-state index contributed by atoms with van der Waals surface area (Å²) in [6, 6.07) is 12.2. The lowest BCUT2D eigenvalue weighted by Crippen LogP contribution is -2.33. The molecule has 0 bridgehead atoms. The normalized spacial score (nSPS) is 9.96. The summed E-state index contributed by atoms with van der Waals surface area (Å²) in [5.41, 5.74) is 1.39. The minimum Gasteiger partial charge on any atom is -0.497 e. The molecule has 0 atom stereocenters. The SMILES string of the molecule is COc1ccc(CC(=O)NCC(=O)Nc2ccc(OC)c(OC)c2)cc1. The van der Waals surface area contributed by atoms with Gasteiger partial charge in [-0.1, -0.05) is 12.1 Å². The van der Waals surface area contributed by atoms with Gasteiger partial charge < -0.3 is 24.8 Å². The number of carbonyl (C=O) groups is 2. The molecule has 0 spiro atoms. The van der Waals surface area contributed by atoms with Crippen molar-refractivity contribution in [3.05, 3.63) is 48.0 Å². The largest absolute Gasteiger partial charge is 0.497 e. The van der Waals surface area contributed by atoms with Crippen LogP contribution in [0.1, 0.15) is 5.56 Å². The van der Waals surface area contributed by atoms with E-state index >= 15 is 0 Å². The highest BCUT2D eigenvalue weighted by molar-refractivity contribution is 5.95. The molecule has 26 heavy (non-hydrogen) atoms. The zero-order valence-electron chi connectivity index (χ0n) is 15.0. The Hall–Kier alpha value is -3.22. The Morgan fingerprint density at radius 2 is 1.54 bits per heavy atom. The van der Waals surface area contributed by atoms with Gasteiger partial charge in [0.15, 0.2) is 11.5 Å². The third-order valence-electron chi connectivity index (χ3n) is 3.64. The summed E-state index contributed by atoms with van der Waals surface area (Å²) in [7, 11) is 4.63. The molecule has 0 saturated heterocycles. The van der Waals surface area contributed by atoms with Crippen molar-refractivity contribution in [2.45, 2.75) is 6.42 Å². The van der Waals surface area contributed by atoms with Crippen LogP contribution in [0.25, 0.3) is 0 Å².